The molecule has 0 atom stereocenters. The van der Waals surface area contributed by atoms with E-state index in [-0.39, 0.29) is 6.61 Å². The second-order valence-corrected chi connectivity index (χ2v) is 4.70. The van der Waals surface area contributed by atoms with E-state index in [1.54, 1.807) is 6.20 Å². The zero-order valence-corrected chi connectivity index (χ0v) is 11.2. The smallest absolute Gasteiger partial charge is 0.222 e. The monoisotopic (exact) mass is 265 g/mol. The highest BCUT2D eigenvalue weighted by Gasteiger charge is 2.07. The Hall–Kier alpha value is -2.39. The predicted octanol–water partition coefficient (Wildman–Crippen LogP) is 3.83. The maximum Gasteiger partial charge on any atom is 0.222 e. The predicted molar refractivity (Wildman–Crippen MR) is 78.9 cm³/mol. The lowest BCUT2D eigenvalue weighted by Crippen LogP contribution is -1.94. The molecule has 3 heteroatoms. The van der Waals surface area contributed by atoms with Crippen molar-refractivity contribution in [1.82, 2.24) is 4.98 Å². The maximum absolute atomic E-state index is 9.10. The van der Waals surface area contributed by atoms with Gasteiger partial charge in [0.15, 0.2) is 0 Å². The van der Waals surface area contributed by atoms with Crippen LogP contribution >= 0.6 is 0 Å². The minimum absolute atomic E-state index is 0.0115. The Balaban J connectivity index is 2.01. The second kappa shape index (κ2) is 5.31. The van der Waals surface area contributed by atoms with Crippen molar-refractivity contribution in [3.63, 3.8) is 0 Å². The third-order valence-electron chi connectivity index (χ3n) is 3.23. The second-order valence-electron chi connectivity index (χ2n) is 4.70. The van der Waals surface area contributed by atoms with Crippen molar-refractivity contribution in [3.8, 4) is 11.6 Å². The molecule has 1 aromatic heterocycles. The highest BCUT2D eigenvalue weighted by atomic mass is 16.5. The molecule has 100 valence electrons. The summed E-state index contributed by atoms with van der Waals surface area (Å²) in [5, 5.41) is 11.3. The SMILES string of the molecule is Cc1cc(CO)cnc1Oc1cccc2ccccc12. The fourth-order valence-corrected chi connectivity index (χ4v) is 2.20. The van der Waals surface area contributed by atoms with Gasteiger partial charge in [-0.25, -0.2) is 4.98 Å². The van der Waals surface area contributed by atoms with Gasteiger partial charge in [-0.05, 0) is 30.0 Å². The largest absolute Gasteiger partial charge is 0.438 e. The van der Waals surface area contributed by atoms with Crippen LogP contribution in [0.4, 0.5) is 0 Å². The van der Waals surface area contributed by atoms with Crippen molar-refractivity contribution in [2.75, 3.05) is 0 Å². The average Bonchev–Trinajstić information content (AvgIpc) is 2.49. The molecule has 0 saturated heterocycles. The van der Waals surface area contributed by atoms with Crippen molar-refractivity contribution in [2.24, 2.45) is 0 Å². The molecule has 20 heavy (non-hydrogen) atoms. The van der Waals surface area contributed by atoms with Gasteiger partial charge in [0.1, 0.15) is 5.75 Å². The molecule has 0 aliphatic carbocycles. The van der Waals surface area contributed by atoms with E-state index < -0.39 is 0 Å². The first-order chi connectivity index (χ1) is 9.78. The van der Waals surface area contributed by atoms with Crippen LogP contribution in [0.15, 0.2) is 54.7 Å². The van der Waals surface area contributed by atoms with Crippen LogP contribution < -0.4 is 4.74 Å². The molecule has 2 aromatic carbocycles. The molecule has 0 aliphatic rings. The first kappa shape index (κ1) is 12.6. The average molecular weight is 265 g/mol. The molecular formula is C17H15NO2. The number of hydrogen-bond acceptors (Lipinski definition) is 3. The number of aliphatic hydroxyl groups is 1. The maximum atomic E-state index is 9.10. The van der Waals surface area contributed by atoms with Crippen molar-refractivity contribution in [2.45, 2.75) is 13.5 Å². The molecule has 0 saturated carbocycles. The van der Waals surface area contributed by atoms with E-state index in [4.69, 9.17) is 9.84 Å². The molecule has 0 spiro atoms. The van der Waals surface area contributed by atoms with E-state index in [2.05, 4.69) is 17.1 Å². The van der Waals surface area contributed by atoms with Gasteiger partial charge in [-0.1, -0.05) is 36.4 Å². The molecule has 0 radical (unpaired) electrons. The van der Waals surface area contributed by atoms with E-state index in [9.17, 15) is 0 Å². The Morgan fingerprint density at radius 1 is 1.10 bits per heavy atom. The van der Waals surface area contributed by atoms with E-state index in [1.165, 1.54) is 0 Å². The Kier molecular flexibility index (Phi) is 3.35. The van der Waals surface area contributed by atoms with E-state index in [0.717, 1.165) is 27.6 Å². The molecular weight excluding hydrogens is 250 g/mol. The first-order valence-electron chi connectivity index (χ1n) is 6.50. The summed E-state index contributed by atoms with van der Waals surface area (Å²) >= 11 is 0. The number of ether oxygens (including phenoxy) is 1. The fourth-order valence-electron chi connectivity index (χ4n) is 2.20. The number of aliphatic hydroxyl groups excluding tert-OH is 1. The van der Waals surface area contributed by atoms with Gasteiger partial charge < -0.3 is 9.84 Å². The minimum Gasteiger partial charge on any atom is -0.438 e. The Labute approximate surface area is 117 Å². The van der Waals surface area contributed by atoms with Crippen molar-refractivity contribution in [1.29, 1.82) is 0 Å². The standard InChI is InChI=1S/C17H15NO2/c1-12-9-13(11-19)10-18-17(12)20-16-8-4-6-14-5-2-3-7-15(14)16/h2-10,19H,11H2,1H3. The quantitative estimate of drug-likeness (QED) is 0.782. The topological polar surface area (TPSA) is 42.4 Å². The Morgan fingerprint density at radius 3 is 2.70 bits per heavy atom. The number of nitrogens with zero attached hydrogens (tertiary/aromatic N) is 1. The summed E-state index contributed by atoms with van der Waals surface area (Å²) in [4.78, 5) is 4.27. The zero-order valence-electron chi connectivity index (χ0n) is 11.2. The summed E-state index contributed by atoms with van der Waals surface area (Å²) in [6, 6.07) is 15.9. The number of aromatic nitrogens is 1. The van der Waals surface area contributed by atoms with Crippen LogP contribution in [0.3, 0.4) is 0 Å². The van der Waals surface area contributed by atoms with Crippen molar-refractivity contribution in [3.05, 3.63) is 65.9 Å². The number of hydrogen-bond donors (Lipinski definition) is 1. The Morgan fingerprint density at radius 2 is 1.90 bits per heavy atom. The summed E-state index contributed by atoms with van der Waals surface area (Å²) in [5.41, 5.74) is 1.69. The van der Waals surface area contributed by atoms with Gasteiger partial charge in [0.05, 0.1) is 6.61 Å². The van der Waals surface area contributed by atoms with Gasteiger partial charge in [0.2, 0.25) is 5.88 Å². The number of pyridine rings is 1. The van der Waals surface area contributed by atoms with Gasteiger partial charge >= 0.3 is 0 Å². The van der Waals surface area contributed by atoms with Crippen LogP contribution in [-0.2, 0) is 6.61 Å². The Bertz CT molecular complexity index is 748. The first-order valence-corrected chi connectivity index (χ1v) is 6.50. The summed E-state index contributed by atoms with van der Waals surface area (Å²) in [5.74, 6) is 1.36. The molecule has 0 fully saturated rings. The van der Waals surface area contributed by atoms with Crippen LogP contribution in [0.25, 0.3) is 10.8 Å². The molecule has 3 rings (SSSR count). The highest BCUT2D eigenvalue weighted by Crippen LogP contribution is 2.30. The molecule has 3 aromatic rings. The third kappa shape index (κ3) is 2.36. The summed E-state index contributed by atoms with van der Waals surface area (Å²) < 4.78 is 5.93. The molecule has 0 aliphatic heterocycles. The summed E-state index contributed by atoms with van der Waals surface area (Å²) in [7, 11) is 0. The number of rotatable bonds is 3. The van der Waals surface area contributed by atoms with E-state index in [0.29, 0.717) is 5.88 Å². The van der Waals surface area contributed by atoms with Crippen LogP contribution in [0.2, 0.25) is 0 Å². The summed E-state index contributed by atoms with van der Waals surface area (Å²) in [6.45, 7) is 1.91. The van der Waals surface area contributed by atoms with Crippen molar-refractivity contribution < 1.29 is 9.84 Å². The van der Waals surface area contributed by atoms with Crippen molar-refractivity contribution >= 4 is 10.8 Å². The van der Waals surface area contributed by atoms with Gasteiger partial charge in [0, 0.05) is 17.1 Å². The number of fused-ring (bicyclic) bond motifs is 1. The molecule has 0 amide bonds. The highest BCUT2D eigenvalue weighted by molar-refractivity contribution is 5.88. The normalized spacial score (nSPS) is 10.7. The summed E-state index contributed by atoms with van der Waals surface area (Å²) in [6.07, 6.45) is 1.63. The molecule has 0 unspecified atom stereocenters. The van der Waals surface area contributed by atoms with Gasteiger partial charge in [-0.15, -0.1) is 0 Å². The number of benzene rings is 2. The van der Waals surface area contributed by atoms with Gasteiger partial charge in [-0.2, -0.15) is 0 Å². The lowest BCUT2D eigenvalue weighted by molar-refractivity contribution is 0.281. The van der Waals surface area contributed by atoms with Crippen LogP contribution in [0, 0.1) is 6.92 Å². The van der Waals surface area contributed by atoms with Crippen LogP contribution in [-0.4, -0.2) is 10.1 Å². The minimum atomic E-state index is -0.0115. The lowest BCUT2D eigenvalue weighted by atomic mass is 10.1. The number of aryl methyl sites for hydroxylation is 1. The molecule has 3 nitrogen and oxygen atoms in total. The van der Waals surface area contributed by atoms with Crippen LogP contribution in [0.1, 0.15) is 11.1 Å². The van der Waals surface area contributed by atoms with Gasteiger partial charge in [-0.3, -0.25) is 0 Å². The molecule has 0 bridgehead atoms. The lowest BCUT2D eigenvalue weighted by Gasteiger charge is -2.10. The van der Waals surface area contributed by atoms with Crippen LogP contribution in [0.5, 0.6) is 11.6 Å². The van der Waals surface area contributed by atoms with E-state index >= 15 is 0 Å². The van der Waals surface area contributed by atoms with E-state index in [1.807, 2.05) is 43.3 Å². The third-order valence-corrected chi connectivity index (χ3v) is 3.23. The molecule has 1 N–H and O–H groups in total. The molecule has 1 heterocycles. The zero-order chi connectivity index (χ0) is 13.9. The fraction of sp³-hybridized carbons (Fsp3) is 0.118. The van der Waals surface area contributed by atoms with Gasteiger partial charge in [0.25, 0.3) is 0 Å².